The monoisotopic (exact) mass is 299 g/mol. The third kappa shape index (κ3) is 3.91. The lowest BCUT2D eigenvalue weighted by Gasteiger charge is -2.13. The molecule has 0 bridgehead atoms. The lowest BCUT2D eigenvalue weighted by molar-refractivity contribution is 0.114. The Hall–Kier alpha value is -1.18. The van der Waals surface area contributed by atoms with Crippen molar-refractivity contribution in [3.8, 4) is 0 Å². The van der Waals surface area contributed by atoms with Crippen molar-refractivity contribution < 1.29 is 13.2 Å². The largest absolute Gasteiger partial charge is 0.383 e. The second kappa shape index (κ2) is 7.01. The second-order valence-corrected chi connectivity index (χ2v) is 6.45. The molecule has 0 amide bonds. The van der Waals surface area contributed by atoms with Crippen LogP contribution in [0, 0.1) is 0 Å². The van der Waals surface area contributed by atoms with Crippen molar-refractivity contribution in [1.29, 1.82) is 0 Å². The molecule has 1 aliphatic heterocycles. The normalized spacial score (nSPS) is 19.1. The van der Waals surface area contributed by atoms with Crippen LogP contribution in [-0.4, -0.2) is 39.2 Å². The molecule has 1 fully saturated rings. The van der Waals surface area contributed by atoms with E-state index in [1.54, 1.807) is 12.1 Å². The average Bonchev–Trinajstić information content (AvgIpc) is 2.97. The minimum absolute atomic E-state index is 0.0273. The summed E-state index contributed by atoms with van der Waals surface area (Å²) in [6.45, 7) is 3.73. The van der Waals surface area contributed by atoms with E-state index in [1.807, 2.05) is 6.92 Å². The molecule has 20 heavy (non-hydrogen) atoms. The first-order valence-corrected chi connectivity index (χ1v) is 8.42. The Morgan fingerprint density at radius 3 is 3.05 bits per heavy atom. The zero-order valence-corrected chi connectivity index (χ0v) is 12.4. The molecule has 2 heterocycles. The Balaban J connectivity index is 2.07. The van der Waals surface area contributed by atoms with Gasteiger partial charge in [-0.05, 0) is 31.4 Å². The van der Waals surface area contributed by atoms with E-state index in [1.165, 1.54) is 6.20 Å². The van der Waals surface area contributed by atoms with Gasteiger partial charge in [-0.2, -0.15) is 0 Å². The molecule has 0 radical (unpaired) electrons. The maximum absolute atomic E-state index is 12.3. The summed E-state index contributed by atoms with van der Waals surface area (Å²) >= 11 is 0. The Morgan fingerprint density at radius 1 is 1.50 bits per heavy atom. The standard InChI is InChI=1S/C13H21N3O3S/c1-2-7-14-12-6-3-8-15-13(12)20(17,18)16-10-11-5-4-9-19-11/h3,6,8,11,14,16H,2,4-5,7,9-10H2,1H3. The minimum atomic E-state index is -3.61. The molecule has 6 nitrogen and oxygen atoms in total. The maximum Gasteiger partial charge on any atom is 0.260 e. The Kier molecular flexibility index (Phi) is 5.33. The first kappa shape index (κ1) is 15.2. The van der Waals surface area contributed by atoms with Crippen molar-refractivity contribution in [3.63, 3.8) is 0 Å². The highest BCUT2D eigenvalue weighted by Gasteiger charge is 2.23. The van der Waals surface area contributed by atoms with E-state index in [4.69, 9.17) is 4.74 Å². The second-order valence-electron chi connectivity index (χ2n) is 4.77. The SMILES string of the molecule is CCCNc1cccnc1S(=O)(=O)NCC1CCCO1. The summed E-state index contributed by atoms with van der Waals surface area (Å²) in [6.07, 6.45) is 4.25. The molecule has 0 aliphatic carbocycles. The number of ether oxygens (including phenoxy) is 1. The van der Waals surface area contributed by atoms with Crippen LogP contribution in [0.2, 0.25) is 0 Å². The van der Waals surface area contributed by atoms with E-state index in [-0.39, 0.29) is 11.1 Å². The molecule has 1 unspecified atom stereocenters. The molecule has 2 N–H and O–H groups in total. The van der Waals surface area contributed by atoms with Crippen molar-refractivity contribution in [3.05, 3.63) is 18.3 Å². The number of nitrogens with zero attached hydrogens (tertiary/aromatic N) is 1. The zero-order chi connectivity index (χ0) is 14.4. The quantitative estimate of drug-likeness (QED) is 0.794. The third-order valence-corrected chi connectivity index (χ3v) is 4.50. The summed E-state index contributed by atoms with van der Waals surface area (Å²) in [7, 11) is -3.61. The van der Waals surface area contributed by atoms with Crippen molar-refractivity contribution in [1.82, 2.24) is 9.71 Å². The van der Waals surface area contributed by atoms with Crippen molar-refractivity contribution in [2.45, 2.75) is 37.3 Å². The smallest absolute Gasteiger partial charge is 0.260 e. The number of rotatable bonds is 7. The van der Waals surface area contributed by atoms with E-state index in [0.717, 1.165) is 19.3 Å². The van der Waals surface area contributed by atoms with E-state index in [9.17, 15) is 8.42 Å². The first-order valence-electron chi connectivity index (χ1n) is 6.93. The lowest BCUT2D eigenvalue weighted by Crippen LogP contribution is -2.32. The molecular weight excluding hydrogens is 278 g/mol. The predicted molar refractivity (Wildman–Crippen MR) is 77.2 cm³/mol. The van der Waals surface area contributed by atoms with Crippen LogP contribution in [0.1, 0.15) is 26.2 Å². The Bertz CT molecular complexity index is 527. The van der Waals surface area contributed by atoms with Crippen LogP contribution in [0.15, 0.2) is 23.4 Å². The van der Waals surface area contributed by atoms with Gasteiger partial charge in [-0.1, -0.05) is 6.92 Å². The molecule has 112 valence electrons. The third-order valence-electron chi connectivity index (χ3n) is 3.12. The summed E-state index contributed by atoms with van der Waals surface area (Å²) in [5, 5.41) is 3.13. The van der Waals surface area contributed by atoms with Gasteiger partial charge in [-0.25, -0.2) is 18.1 Å². The molecule has 1 aliphatic rings. The molecule has 2 rings (SSSR count). The van der Waals surface area contributed by atoms with E-state index < -0.39 is 10.0 Å². The average molecular weight is 299 g/mol. The maximum atomic E-state index is 12.3. The molecule has 0 aromatic carbocycles. The fourth-order valence-electron chi connectivity index (χ4n) is 2.08. The zero-order valence-electron chi connectivity index (χ0n) is 11.6. The van der Waals surface area contributed by atoms with E-state index >= 15 is 0 Å². The number of hydrogen-bond donors (Lipinski definition) is 2. The summed E-state index contributed by atoms with van der Waals surface area (Å²) in [5.41, 5.74) is 0.536. The first-order chi connectivity index (χ1) is 9.63. The number of sulfonamides is 1. The van der Waals surface area contributed by atoms with E-state index in [0.29, 0.717) is 25.4 Å². The Labute approximate surface area is 120 Å². The van der Waals surface area contributed by atoms with Gasteiger partial charge >= 0.3 is 0 Å². The van der Waals surface area contributed by atoms with Gasteiger partial charge in [0, 0.05) is 25.9 Å². The number of hydrogen-bond acceptors (Lipinski definition) is 5. The van der Waals surface area contributed by atoms with Crippen LogP contribution >= 0.6 is 0 Å². The molecule has 1 aromatic rings. The predicted octanol–water partition coefficient (Wildman–Crippen LogP) is 1.36. The van der Waals surface area contributed by atoms with Gasteiger partial charge < -0.3 is 10.1 Å². The number of nitrogens with one attached hydrogen (secondary N) is 2. The fraction of sp³-hybridized carbons (Fsp3) is 0.615. The topological polar surface area (TPSA) is 80.3 Å². The summed E-state index contributed by atoms with van der Waals surface area (Å²) in [6, 6.07) is 3.44. The van der Waals surface area contributed by atoms with Crippen LogP contribution in [0.4, 0.5) is 5.69 Å². The van der Waals surface area contributed by atoms with Gasteiger partial charge in [0.1, 0.15) is 0 Å². The highest BCUT2D eigenvalue weighted by Crippen LogP contribution is 2.18. The summed E-state index contributed by atoms with van der Waals surface area (Å²) in [5.74, 6) is 0. The minimum Gasteiger partial charge on any atom is -0.383 e. The molecule has 0 saturated carbocycles. The van der Waals surface area contributed by atoms with Crippen LogP contribution in [0.25, 0.3) is 0 Å². The highest BCUT2D eigenvalue weighted by atomic mass is 32.2. The molecule has 1 saturated heterocycles. The highest BCUT2D eigenvalue weighted by molar-refractivity contribution is 7.89. The van der Waals surface area contributed by atoms with Gasteiger partial charge in [0.2, 0.25) is 0 Å². The molecule has 7 heteroatoms. The van der Waals surface area contributed by atoms with Gasteiger partial charge in [-0.3, -0.25) is 0 Å². The van der Waals surface area contributed by atoms with Crippen LogP contribution in [-0.2, 0) is 14.8 Å². The van der Waals surface area contributed by atoms with Crippen molar-refractivity contribution in [2.75, 3.05) is 25.0 Å². The van der Waals surface area contributed by atoms with Crippen LogP contribution in [0.3, 0.4) is 0 Å². The van der Waals surface area contributed by atoms with Crippen molar-refractivity contribution >= 4 is 15.7 Å². The summed E-state index contributed by atoms with van der Waals surface area (Å²) < 4.78 is 32.6. The van der Waals surface area contributed by atoms with Crippen LogP contribution in [0.5, 0.6) is 0 Å². The molecule has 1 aromatic heterocycles. The van der Waals surface area contributed by atoms with Gasteiger partial charge in [0.15, 0.2) is 5.03 Å². The fourth-order valence-corrected chi connectivity index (χ4v) is 3.25. The van der Waals surface area contributed by atoms with Gasteiger partial charge in [0.05, 0.1) is 11.8 Å². The molecule has 1 atom stereocenters. The number of pyridine rings is 1. The Morgan fingerprint density at radius 2 is 2.35 bits per heavy atom. The number of aromatic nitrogens is 1. The van der Waals surface area contributed by atoms with Crippen LogP contribution < -0.4 is 10.0 Å². The van der Waals surface area contributed by atoms with Gasteiger partial charge in [0.25, 0.3) is 10.0 Å². The van der Waals surface area contributed by atoms with Gasteiger partial charge in [-0.15, -0.1) is 0 Å². The van der Waals surface area contributed by atoms with E-state index in [2.05, 4.69) is 15.0 Å². The number of anilines is 1. The lowest BCUT2D eigenvalue weighted by atomic mass is 10.2. The molecule has 0 spiro atoms. The summed E-state index contributed by atoms with van der Waals surface area (Å²) in [4.78, 5) is 3.99. The van der Waals surface area contributed by atoms with Crippen molar-refractivity contribution in [2.24, 2.45) is 0 Å². The molecular formula is C13H21N3O3S.